The van der Waals surface area contributed by atoms with Gasteiger partial charge in [-0.15, -0.1) is 0 Å². The maximum atomic E-state index is 13.8. The Bertz CT molecular complexity index is 1050. The molecule has 0 saturated carbocycles. The van der Waals surface area contributed by atoms with E-state index in [0.717, 1.165) is 0 Å². The Balaban J connectivity index is 1.66. The first-order valence-corrected chi connectivity index (χ1v) is 9.09. The first-order chi connectivity index (χ1) is 14.1. The molecule has 11 heteroatoms. The Morgan fingerprint density at radius 3 is 2.73 bits per heavy atom. The fraction of sp³-hybridized carbons (Fsp3) is 0.368. The average Bonchev–Trinajstić information content (AvgIpc) is 3.05. The summed E-state index contributed by atoms with van der Waals surface area (Å²) in [6.07, 6.45) is -0.839. The predicted molar refractivity (Wildman–Crippen MR) is 99.2 cm³/mol. The highest BCUT2D eigenvalue weighted by atomic mass is 19.4. The first kappa shape index (κ1) is 21.5. The van der Waals surface area contributed by atoms with Crippen LogP contribution in [0.5, 0.6) is 5.88 Å². The molecule has 160 valence electrons. The molecular weight excluding hydrogens is 406 g/mol. The van der Waals surface area contributed by atoms with Crippen molar-refractivity contribution in [2.45, 2.75) is 39.0 Å². The number of amides is 1. The van der Waals surface area contributed by atoms with Crippen LogP contribution in [0.15, 0.2) is 30.7 Å². The van der Waals surface area contributed by atoms with E-state index in [2.05, 4.69) is 20.4 Å². The Morgan fingerprint density at radius 1 is 1.30 bits per heavy atom. The number of hydrogen-bond donors (Lipinski definition) is 1. The summed E-state index contributed by atoms with van der Waals surface area (Å²) in [6.45, 7) is 3.84. The summed E-state index contributed by atoms with van der Waals surface area (Å²) in [6, 6.07) is 2.04. The van der Waals surface area contributed by atoms with Gasteiger partial charge < -0.3 is 10.1 Å². The zero-order chi connectivity index (χ0) is 21.9. The van der Waals surface area contributed by atoms with Gasteiger partial charge in [-0.05, 0) is 26.0 Å². The first-order valence-electron chi connectivity index (χ1n) is 9.09. The third-order valence-electron chi connectivity index (χ3n) is 4.04. The van der Waals surface area contributed by atoms with Crippen molar-refractivity contribution in [1.29, 1.82) is 0 Å². The van der Waals surface area contributed by atoms with E-state index in [0.29, 0.717) is 28.9 Å². The van der Waals surface area contributed by atoms with Crippen LogP contribution >= 0.6 is 0 Å². The Kier molecular flexibility index (Phi) is 6.18. The highest BCUT2D eigenvalue weighted by Crippen LogP contribution is 2.30. The number of alkyl halides is 3. The van der Waals surface area contributed by atoms with Gasteiger partial charge in [0.25, 0.3) is 0 Å². The van der Waals surface area contributed by atoms with Gasteiger partial charge >= 0.3 is 6.18 Å². The Hall–Kier alpha value is -3.24. The number of halogens is 4. The van der Waals surface area contributed by atoms with Crippen molar-refractivity contribution in [1.82, 2.24) is 25.1 Å². The Labute approximate surface area is 169 Å². The van der Waals surface area contributed by atoms with Crippen molar-refractivity contribution >= 4 is 16.8 Å². The molecule has 0 atom stereocenters. The van der Waals surface area contributed by atoms with Crippen molar-refractivity contribution in [3.05, 3.63) is 47.8 Å². The number of pyridine rings is 2. The monoisotopic (exact) mass is 425 g/mol. The van der Waals surface area contributed by atoms with Crippen LogP contribution in [0, 0.1) is 5.82 Å². The summed E-state index contributed by atoms with van der Waals surface area (Å²) in [5, 5.41) is 7.83. The largest absolute Gasteiger partial charge is 0.474 e. The van der Waals surface area contributed by atoms with E-state index < -0.39 is 23.4 Å². The summed E-state index contributed by atoms with van der Waals surface area (Å²) in [5.41, 5.74) is -0.00309. The highest BCUT2D eigenvalue weighted by Gasteiger charge is 2.32. The highest BCUT2D eigenvalue weighted by molar-refractivity contribution is 5.86. The Morgan fingerprint density at radius 2 is 2.07 bits per heavy atom. The van der Waals surface area contributed by atoms with Crippen LogP contribution in [0.25, 0.3) is 10.9 Å². The lowest BCUT2D eigenvalue weighted by Gasteiger charge is -2.09. The van der Waals surface area contributed by atoms with Crippen LogP contribution in [0.2, 0.25) is 0 Å². The zero-order valence-corrected chi connectivity index (χ0v) is 16.2. The van der Waals surface area contributed by atoms with Crippen molar-refractivity contribution in [2.24, 2.45) is 0 Å². The number of carbonyl (C=O) groups is 1. The minimum atomic E-state index is -4.68. The van der Waals surface area contributed by atoms with Gasteiger partial charge in [0.2, 0.25) is 11.8 Å². The molecule has 0 radical (unpaired) electrons. The normalized spacial score (nSPS) is 11.8. The van der Waals surface area contributed by atoms with Crippen LogP contribution < -0.4 is 10.1 Å². The van der Waals surface area contributed by atoms with Crippen LogP contribution in [0.1, 0.15) is 25.1 Å². The molecule has 30 heavy (non-hydrogen) atoms. The van der Waals surface area contributed by atoms with Crippen molar-refractivity contribution < 1.29 is 27.1 Å². The second-order valence-electron chi connectivity index (χ2n) is 6.84. The molecule has 0 fully saturated rings. The molecule has 3 aromatic rings. The van der Waals surface area contributed by atoms with Gasteiger partial charge in [-0.2, -0.15) is 18.3 Å². The van der Waals surface area contributed by atoms with Crippen molar-refractivity contribution in [3.8, 4) is 5.88 Å². The lowest BCUT2D eigenvalue weighted by atomic mass is 10.2. The standard InChI is InChI=1S/C19H19F4N5O2/c1-11(2)26-17(29)8-16-13-10-28(27-15(13)3-4-24-16)5-6-30-18-14(20)7-12(9-25-18)19(21,22)23/h3-4,7,9-11H,5-6,8H2,1-2H3,(H,26,29). The second-order valence-corrected chi connectivity index (χ2v) is 6.84. The SMILES string of the molecule is CC(C)NC(=O)Cc1nccc2nn(CCOc3ncc(C(F)(F)F)cc3F)cc12. The lowest BCUT2D eigenvalue weighted by molar-refractivity contribution is -0.138. The van der Waals surface area contributed by atoms with E-state index in [1.54, 1.807) is 18.5 Å². The summed E-state index contributed by atoms with van der Waals surface area (Å²) in [7, 11) is 0. The second kappa shape index (κ2) is 8.64. The van der Waals surface area contributed by atoms with Crippen LogP contribution in [0.4, 0.5) is 17.6 Å². The quantitative estimate of drug-likeness (QED) is 0.589. The summed E-state index contributed by atoms with van der Waals surface area (Å²) < 4.78 is 58.1. The number of carbonyl (C=O) groups excluding carboxylic acids is 1. The van der Waals surface area contributed by atoms with Crippen LogP contribution in [0.3, 0.4) is 0 Å². The van der Waals surface area contributed by atoms with Gasteiger partial charge in [0.15, 0.2) is 5.82 Å². The third kappa shape index (κ3) is 5.22. The van der Waals surface area contributed by atoms with Crippen molar-refractivity contribution in [2.75, 3.05) is 6.61 Å². The number of aromatic nitrogens is 4. The summed E-state index contributed by atoms with van der Waals surface area (Å²) in [5.74, 6) is -1.88. The number of rotatable bonds is 7. The topological polar surface area (TPSA) is 81.9 Å². The van der Waals surface area contributed by atoms with E-state index in [4.69, 9.17) is 4.74 Å². The minimum absolute atomic E-state index is 0.00998. The molecule has 0 bridgehead atoms. The van der Waals surface area contributed by atoms with Gasteiger partial charge in [0.05, 0.1) is 29.7 Å². The lowest BCUT2D eigenvalue weighted by Crippen LogP contribution is -2.31. The molecule has 3 heterocycles. The molecule has 0 aliphatic rings. The summed E-state index contributed by atoms with van der Waals surface area (Å²) >= 11 is 0. The van der Waals surface area contributed by atoms with Gasteiger partial charge in [0.1, 0.15) is 6.61 Å². The minimum Gasteiger partial charge on any atom is -0.474 e. The molecule has 1 N–H and O–H groups in total. The molecular formula is C19H19F4N5O2. The maximum Gasteiger partial charge on any atom is 0.417 e. The molecule has 0 spiro atoms. The molecule has 0 saturated heterocycles. The van der Waals surface area contributed by atoms with Crippen LogP contribution in [-0.2, 0) is 23.9 Å². The fourth-order valence-corrected chi connectivity index (χ4v) is 2.75. The average molecular weight is 425 g/mol. The van der Waals surface area contributed by atoms with Gasteiger partial charge in [-0.1, -0.05) is 0 Å². The van der Waals surface area contributed by atoms with E-state index in [1.165, 1.54) is 4.68 Å². The van der Waals surface area contributed by atoms with E-state index in [-0.39, 0.29) is 31.5 Å². The number of nitrogens with one attached hydrogen (secondary N) is 1. The molecule has 0 aliphatic carbocycles. The number of nitrogens with zero attached hydrogens (tertiary/aromatic N) is 4. The van der Waals surface area contributed by atoms with E-state index in [1.807, 2.05) is 13.8 Å². The molecule has 7 nitrogen and oxygen atoms in total. The summed E-state index contributed by atoms with van der Waals surface area (Å²) in [4.78, 5) is 19.6. The fourth-order valence-electron chi connectivity index (χ4n) is 2.75. The molecule has 3 aromatic heterocycles. The molecule has 0 aromatic carbocycles. The molecule has 0 unspecified atom stereocenters. The van der Waals surface area contributed by atoms with Gasteiger partial charge in [-0.3, -0.25) is 14.5 Å². The van der Waals surface area contributed by atoms with Gasteiger partial charge in [-0.25, -0.2) is 9.37 Å². The van der Waals surface area contributed by atoms with E-state index >= 15 is 0 Å². The molecule has 3 rings (SSSR count). The molecule has 1 amide bonds. The van der Waals surface area contributed by atoms with E-state index in [9.17, 15) is 22.4 Å². The molecule has 0 aliphatic heterocycles. The smallest absolute Gasteiger partial charge is 0.417 e. The van der Waals surface area contributed by atoms with Crippen LogP contribution in [-0.4, -0.2) is 38.3 Å². The maximum absolute atomic E-state index is 13.8. The third-order valence-corrected chi connectivity index (χ3v) is 4.04. The number of fused-ring (bicyclic) bond motifs is 1. The number of hydrogen-bond acceptors (Lipinski definition) is 5. The predicted octanol–water partition coefficient (Wildman–Crippen LogP) is 3.13. The zero-order valence-electron chi connectivity index (χ0n) is 16.2. The van der Waals surface area contributed by atoms with Crippen molar-refractivity contribution in [3.63, 3.8) is 0 Å². The van der Waals surface area contributed by atoms with Gasteiger partial charge in [0, 0.05) is 30.0 Å². The number of ether oxygens (including phenoxy) is 1.